The van der Waals surface area contributed by atoms with Gasteiger partial charge in [0.1, 0.15) is 5.82 Å². The van der Waals surface area contributed by atoms with Crippen molar-refractivity contribution in [3.05, 3.63) is 42.5 Å². The molecular formula is C12H11N5O. The normalized spacial score (nSPS) is 10.7. The molecule has 0 aliphatic heterocycles. The third-order valence-electron chi connectivity index (χ3n) is 2.56. The summed E-state index contributed by atoms with van der Waals surface area (Å²) in [5.74, 6) is 1.70. The second-order valence-corrected chi connectivity index (χ2v) is 3.70. The van der Waals surface area contributed by atoms with E-state index in [2.05, 4.69) is 20.1 Å². The van der Waals surface area contributed by atoms with Crippen LogP contribution in [0.2, 0.25) is 0 Å². The number of nitrogens with one attached hydrogen (secondary N) is 1. The molecule has 0 radical (unpaired) electrons. The number of aromatic amines is 1. The summed E-state index contributed by atoms with van der Waals surface area (Å²) in [4.78, 5) is 11.5. The quantitative estimate of drug-likeness (QED) is 0.726. The van der Waals surface area contributed by atoms with Crippen molar-refractivity contribution in [2.45, 2.75) is 6.54 Å². The Morgan fingerprint density at radius 2 is 2.06 bits per heavy atom. The lowest BCUT2D eigenvalue weighted by atomic mass is 10.1. The first-order valence-corrected chi connectivity index (χ1v) is 5.50. The van der Waals surface area contributed by atoms with Crippen molar-refractivity contribution >= 4 is 0 Å². The summed E-state index contributed by atoms with van der Waals surface area (Å²) in [6, 6.07) is 7.72. The van der Waals surface area contributed by atoms with Gasteiger partial charge < -0.3 is 15.2 Å². The third kappa shape index (κ3) is 1.78. The van der Waals surface area contributed by atoms with Gasteiger partial charge in [-0.15, -0.1) is 0 Å². The van der Waals surface area contributed by atoms with Crippen LogP contribution in [0.15, 0.2) is 41.2 Å². The van der Waals surface area contributed by atoms with Crippen molar-refractivity contribution < 1.29 is 4.52 Å². The number of nitrogens with zero attached hydrogens (tertiary/aromatic N) is 3. The lowest BCUT2D eigenvalue weighted by Gasteiger charge is -2.02. The van der Waals surface area contributed by atoms with Gasteiger partial charge in [0.05, 0.1) is 6.54 Å². The zero-order valence-electron chi connectivity index (χ0n) is 9.50. The molecule has 6 heteroatoms. The summed E-state index contributed by atoms with van der Waals surface area (Å²) >= 11 is 0. The first-order chi connectivity index (χ1) is 8.88. The summed E-state index contributed by atoms with van der Waals surface area (Å²) in [5, 5.41) is 3.92. The molecule has 0 unspecified atom stereocenters. The maximum absolute atomic E-state index is 5.46. The number of hydrogen-bond acceptors (Lipinski definition) is 5. The molecule has 1 aromatic carbocycles. The highest BCUT2D eigenvalue weighted by Gasteiger charge is 2.13. The van der Waals surface area contributed by atoms with Crippen LogP contribution < -0.4 is 5.73 Å². The minimum Gasteiger partial charge on any atom is -0.345 e. The Labute approximate surface area is 103 Å². The molecule has 3 aromatic rings. The van der Waals surface area contributed by atoms with Gasteiger partial charge in [-0.05, 0) is 0 Å². The number of imidazole rings is 1. The maximum atomic E-state index is 5.46. The molecule has 2 aromatic heterocycles. The number of benzene rings is 1. The van der Waals surface area contributed by atoms with E-state index in [4.69, 9.17) is 10.3 Å². The summed E-state index contributed by atoms with van der Waals surface area (Å²) in [7, 11) is 0. The van der Waals surface area contributed by atoms with Crippen LogP contribution in [-0.2, 0) is 6.54 Å². The van der Waals surface area contributed by atoms with E-state index in [1.54, 1.807) is 12.4 Å². The van der Waals surface area contributed by atoms with Crippen LogP contribution in [0.5, 0.6) is 0 Å². The fourth-order valence-electron chi connectivity index (χ4n) is 1.74. The zero-order chi connectivity index (χ0) is 12.4. The lowest BCUT2D eigenvalue weighted by molar-refractivity contribution is 0.380. The minimum atomic E-state index is 0.232. The van der Waals surface area contributed by atoms with E-state index in [-0.39, 0.29) is 6.54 Å². The predicted octanol–water partition coefficient (Wildman–Crippen LogP) is 1.59. The molecule has 0 aliphatic rings. The van der Waals surface area contributed by atoms with Crippen LogP contribution in [0.1, 0.15) is 5.89 Å². The van der Waals surface area contributed by atoms with E-state index >= 15 is 0 Å². The van der Waals surface area contributed by atoms with Crippen LogP contribution in [0.4, 0.5) is 0 Å². The van der Waals surface area contributed by atoms with Gasteiger partial charge in [0.25, 0.3) is 0 Å². The topological polar surface area (TPSA) is 93.6 Å². The molecule has 0 spiro atoms. The van der Waals surface area contributed by atoms with Gasteiger partial charge in [0, 0.05) is 23.5 Å². The highest BCUT2D eigenvalue weighted by Crippen LogP contribution is 2.27. The molecule has 0 bridgehead atoms. The first kappa shape index (κ1) is 10.7. The number of aromatic nitrogens is 4. The molecule has 3 rings (SSSR count). The van der Waals surface area contributed by atoms with Gasteiger partial charge in [-0.2, -0.15) is 4.98 Å². The molecule has 0 saturated carbocycles. The van der Waals surface area contributed by atoms with Crippen LogP contribution >= 0.6 is 0 Å². The van der Waals surface area contributed by atoms with Crippen molar-refractivity contribution in [2.75, 3.05) is 0 Å². The third-order valence-corrected chi connectivity index (χ3v) is 2.56. The van der Waals surface area contributed by atoms with Gasteiger partial charge in [0.15, 0.2) is 0 Å². The van der Waals surface area contributed by atoms with E-state index in [1.807, 2.05) is 24.3 Å². The molecule has 18 heavy (non-hydrogen) atoms. The molecule has 3 N–H and O–H groups in total. The number of H-pyrrole nitrogens is 1. The van der Waals surface area contributed by atoms with Gasteiger partial charge in [-0.25, -0.2) is 4.98 Å². The predicted molar refractivity (Wildman–Crippen MR) is 65.2 cm³/mol. The molecule has 0 aliphatic carbocycles. The first-order valence-electron chi connectivity index (χ1n) is 5.50. The van der Waals surface area contributed by atoms with Crippen LogP contribution in [-0.4, -0.2) is 20.1 Å². The molecule has 0 saturated heterocycles. The fourth-order valence-corrected chi connectivity index (χ4v) is 1.74. The van der Waals surface area contributed by atoms with E-state index in [1.165, 1.54) is 0 Å². The van der Waals surface area contributed by atoms with Crippen molar-refractivity contribution in [3.63, 3.8) is 0 Å². The zero-order valence-corrected chi connectivity index (χ0v) is 9.50. The van der Waals surface area contributed by atoms with Crippen LogP contribution in [0.3, 0.4) is 0 Å². The Kier molecular flexibility index (Phi) is 2.62. The highest BCUT2D eigenvalue weighted by molar-refractivity contribution is 5.76. The monoisotopic (exact) mass is 241 g/mol. The Hall–Kier alpha value is -2.47. The number of hydrogen-bond donors (Lipinski definition) is 2. The van der Waals surface area contributed by atoms with Crippen molar-refractivity contribution in [3.8, 4) is 22.8 Å². The van der Waals surface area contributed by atoms with Crippen molar-refractivity contribution in [2.24, 2.45) is 5.73 Å². The Balaban J connectivity index is 2.12. The summed E-state index contributed by atoms with van der Waals surface area (Å²) in [6.07, 6.45) is 3.47. The Bertz CT molecular complexity index is 644. The van der Waals surface area contributed by atoms with Crippen molar-refractivity contribution in [1.29, 1.82) is 0 Å². The Morgan fingerprint density at radius 3 is 2.72 bits per heavy atom. The van der Waals surface area contributed by atoms with Crippen LogP contribution in [0, 0.1) is 0 Å². The van der Waals surface area contributed by atoms with Gasteiger partial charge >= 0.3 is 0 Å². The molecule has 90 valence electrons. The second-order valence-electron chi connectivity index (χ2n) is 3.70. The summed E-state index contributed by atoms with van der Waals surface area (Å²) < 4.78 is 5.02. The summed E-state index contributed by atoms with van der Waals surface area (Å²) in [6.45, 7) is 0.232. The van der Waals surface area contributed by atoms with Crippen molar-refractivity contribution in [1.82, 2.24) is 20.1 Å². The lowest BCUT2D eigenvalue weighted by Crippen LogP contribution is -1.96. The molecule has 0 atom stereocenters. The fraction of sp³-hybridized carbons (Fsp3) is 0.0833. The highest BCUT2D eigenvalue weighted by atomic mass is 16.5. The molecule has 0 amide bonds. The van der Waals surface area contributed by atoms with E-state index in [0.717, 1.165) is 17.0 Å². The standard InChI is InChI=1S/C12H11N5O/c13-7-10-16-12(17-18-10)9-4-2-1-3-8(9)11-14-5-6-15-11/h1-6H,7,13H2,(H,14,15). The molecule has 6 nitrogen and oxygen atoms in total. The largest absolute Gasteiger partial charge is 0.345 e. The average molecular weight is 241 g/mol. The number of nitrogens with two attached hydrogens (primary N) is 1. The maximum Gasteiger partial charge on any atom is 0.240 e. The average Bonchev–Trinajstić information content (AvgIpc) is 3.10. The number of rotatable bonds is 3. The minimum absolute atomic E-state index is 0.232. The smallest absolute Gasteiger partial charge is 0.240 e. The van der Waals surface area contributed by atoms with Crippen LogP contribution in [0.25, 0.3) is 22.8 Å². The second kappa shape index (κ2) is 4.42. The summed E-state index contributed by atoms with van der Waals surface area (Å²) in [5.41, 5.74) is 7.24. The van der Waals surface area contributed by atoms with E-state index < -0.39 is 0 Å². The van der Waals surface area contributed by atoms with Gasteiger partial charge in [0.2, 0.25) is 11.7 Å². The van der Waals surface area contributed by atoms with E-state index in [9.17, 15) is 0 Å². The molecule has 2 heterocycles. The molecule has 0 fully saturated rings. The van der Waals surface area contributed by atoms with E-state index in [0.29, 0.717) is 11.7 Å². The van der Waals surface area contributed by atoms with Gasteiger partial charge in [-0.3, -0.25) is 0 Å². The van der Waals surface area contributed by atoms with Gasteiger partial charge in [-0.1, -0.05) is 29.4 Å². The SMILES string of the molecule is NCc1nc(-c2ccccc2-c2ncc[nH]2)no1. The molecular weight excluding hydrogens is 230 g/mol. The Morgan fingerprint density at radius 1 is 1.22 bits per heavy atom.